The third-order valence-corrected chi connectivity index (χ3v) is 9.01. The SMILES string of the molecule is COc1ccc2c(c1)C=C[C@H]1N2[C@@H](C(=O)C(C)(C)C)[C@@H](C(=O)c2ccc(CC(C)C)cc2)[C@@]12C(=O)Nc1ccccc12. The van der Waals surface area contributed by atoms with Gasteiger partial charge in [0.1, 0.15) is 17.2 Å². The Labute approximate surface area is 247 Å². The van der Waals surface area contributed by atoms with Crippen molar-refractivity contribution in [2.45, 2.75) is 58.5 Å². The Bertz CT molecular complexity index is 1610. The molecule has 3 aliphatic rings. The van der Waals surface area contributed by atoms with E-state index in [0.717, 1.165) is 28.8 Å². The molecule has 1 fully saturated rings. The Balaban J connectivity index is 1.61. The van der Waals surface area contributed by atoms with Crippen LogP contribution < -0.4 is 15.0 Å². The highest BCUT2D eigenvalue weighted by atomic mass is 16.5. The number of anilines is 2. The van der Waals surface area contributed by atoms with Crippen LogP contribution in [0.5, 0.6) is 5.75 Å². The molecule has 0 radical (unpaired) electrons. The second-order valence-electron chi connectivity index (χ2n) is 13.2. The fourth-order valence-corrected chi connectivity index (χ4v) is 7.18. The number of para-hydroxylation sites is 1. The van der Waals surface area contributed by atoms with E-state index in [4.69, 9.17) is 4.74 Å². The third-order valence-electron chi connectivity index (χ3n) is 9.01. The number of benzene rings is 3. The van der Waals surface area contributed by atoms with E-state index in [1.807, 2.05) is 105 Å². The van der Waals surface area contributed by atoms with Crippen LogP contribution in [-0.4, -0.2) is 36.7 Å². The van der Waals surface area contributed by atoms with Crippen LogP contribution in [0.3, 0.4) is 0 Å². The van der Waals surface area contributed by atoms with Crippen LogP contribution in [0.4, 0.5) is 11.4 Å². The van der Waals surface area contributed by atoms with Gasteiger partial charge in [0.25, 0.3) is 0 Å². The first-order valence-corrected chi connectivity index (χ1v) is 14.7. The molecule has 6 nitrogen and oxygen atoms in total. The molecule has 0 aliphatic carbocycles. The van der Waals surface area contributed by atoms with E-state index in [2.05, 4.69) is 19.2 Å². The zero-order chi connectivity index (χ0) is 30.0. The van der Waals surface area contributed by atoms with Crippen molar-refractivity contribution in [1.82, 2.24) is 0 Å². The molecule has 6 heteroatoms. The molecule has 4 atom stereocenters. The van der Waals surface area contributed by atoms with Crippen molar-refractivity contribution in [3.8, 4) is 5.75 Å². The second-order valence-corrected chi connectivity index (χ2v) is 13.2. The highest BCUT2D eigenvalue weighted by Crippen LogP contribution is 2.58. The first kappa shape index (κ1) is 28.0. The number of rotatable bonds is 6. The lowest BCUT2D eigenvalue weighted by Gasteiger charge is -2.38. The summed E-state index contributed by atoms with van der Waals surface area (Å²) < 4.78 is 5.49. The molecule has 1 saturated heterocycles. The highest BCUT2D eigenvalue weighted by Gasteiger charge is 2.70. The predicted octanol–water partition coefficient (Wildman–Crippen LogP) is 6.48. The Morgan fingerprint density at radius 3 is 2.40 bits per heavy atom. The molecule has 1 spiro atoms. The monoisotopic (exact) mass is 562 g/mol. The number of fused-ring (bicyclic) bond motifs is 6. The minimum atomic E-state index is -1.30. The average Bonchev–Trinajstić information content (AvgIpc) is 3.43. The van der Waals surface area contributed by atoms with Gasteiger partial charge in [-0.05, 0) is 47.7 Å². The molecule has 0 bridgehead atoms. The standard InChI is InChI=1S/C36H38N2O4/c1-21(2)19-22-11-13-23(14-12-22)32(39)30-31(33(40)35(3,4)5)38-28-17-16-25(42-6)20-24(28)15-18-29(38)36(30)26-9-7-8-10-27(26)37-34(36)41/h7-18,20-21,29-31H,19H2,1-6H3,(H,37,41)/t29-,30+,31-,36+/m1/s1. The molecule has 3 aromatic rings. The maximum absolute atomic E-state index is 14.9. The van der Waals surface area contributed by atoms with E-state index in [1.165, 1.54) is 0 Å². The summed E-state index contributed by atoms with van der Waals surface area (Å²) in [5.41, 5.74) is 2.73. The Hall–Kier alpha value is -4.19. The number of amides is 1. The van der Waals surface area contributed by atoms with E-state index in [1.54, 1.807) is 7.11 Å². The number of hydrogen-bond acceptors (Lipinski definition) is 5. The predicted molar refractivity (Wildman–Crippen MR) is 166 cm³/mol. The quantitative estimate of drug-likeness (QED) is 0.348. The average molecular weight is 563 g/mol. The van der Waals surface area contributed by atoms with Gasteiger partial charge < -0.3 is 15.0 Å². The molecule has 0 unspecified atom stereocenters. The van der Waals surface area contributed by atoms with Gasteiger partial charge in [-0.3, -0.25) is 14.4 Å². The fourth-order valence-electron chi connectivity index (χ4n) is 7.18. The number of ether oxygens (including phenoxy) is 1. The minimum absolute atomic E-state index is 0.0756. The van der Waals surface area contributed by atoms with Crippen molar-refractivity contribution >= 4 is 34.9 Å². The van der Waals surface area contributed by atoms with Crippen molar-refractivity contribution in [3.05, 3.63) is 95.1 Å². The van der Waals surface area contributed by atoms with E-state index in [0.29, 0.717) is 22.9 Å². The van der Waals surface area contributed by atoms with E-state index in [9.17, 15) is 14.4 Å². The van der Waals surface area contributed by atoms with Gasteiger partial charge in [0.2, 0.25) is 5.91 Å². The van der Waals surface area contributed by atoms with Gasteiger partial charge in [-0.2, -0.15) is 0 Å². The molecule has 1 N–H and O–H groups in total. The smallest absolute Gasteiger partial charge is 0.238 e. The van der Waals surface area contributed by atoms with Gasteiger partial charge >= 0.3 is 0 Å². The molecule has 3 heterocycles. The van der Waals surface area contributed by atoms with Crippen molar-refractivity contribution < 1.29 is 19.1 Å². The van der Waals surface area contributed by atoms with Crippen LogP contribution in [0.2, 0.25) is 0 Å². The van der Waals surface area contributed by atoms with Gasteiger partial charge in [-0.25, -0.2) is 0 Å². The van der Waals surface area contributed by atoms with E-state index < -0.39 is 28.8 Å². The molecule has 42 heavy (non-hydrogen) atoms. The zero-order valence-corrected chi connectivity index (χ0v) is 25.1. The number of ketones is 2. The first-order chi connectivity index (χ1) is 20.0. The number of nitrogens with zero attached hydrogens (tertiary/aromatic N) is 1. The summed E-state index contributed by atoms with van der Waals surface area (Å²) in [6, 6.07) is 19.6. The lowest BCUT2D eigenvalue weighted by molar-refractivity contribution is -0.128. The number of carbonyl (C=O) groups excluding carboxylic acids is 3. The number of hydrogen-bond donors (Lipinski definition) is 1. The van der Waals surface area contributed by atoms with Crippen LogP contribution in [-0.2, 0) is 21.4 Å². The molecular weight excluding hydrogens is 524 g/mol. The second kappa shape index (κ2) is 9.97. The van der Waals surface area contributed by atoms with Crippen LogP contribution in [0.1, 0.15) is 61.7 Å². The molecule has 1 amide bonds. The van der Waals surface area contributed by atoms with Crippen molar-refractivity contribution in [2.24, 2.45) is 17.3 Å². The first-order valence-electron chi connectivity index (χ1n) is 14.7. The number of Topliss-reactive ketones (excluding diaryl/α,β-unsaturated/α-hetero) is 2. The van der Waals surface area contributed by atoms with Crippen LogP contribution in [0.15, 0.2) is 72.8 Å². The minimum Gasteiger partial charge on any atom is -0.497 e. The van der Waals surface area contributed by atoms with Crippen molar-refractivity contribution in [1.29, 1.82) is 0 Å². The molecule has 0 aromatic heterocycles. The molecular formula is C36H38N2O4. The maximum atomic E-state index is 14.9. The van der Waals surface area contributed by atoms with Crippen LogP contribution in [0, 0.1) is 17.3 Å². The topological polar surface area (TPSA) is 75.7 Å². The molecule has 216 valence electrons. The maximum Gasteiger partial charge on any atom is 0.238 e. The molecule has 6 rings (SSSR count). The summed E-state index contributed by atoms with van der Waals surface area (Å²) >= 11 is 0. The van der Waals surface area contributed by atoms with Crippen LogP contribution >= 0.6 is 0 Å². The Morgan fingerprint density at radius 1 is 1.02 bits per heavy atom. The highest BCUT2D eigenvalue weighted by molar-refractivity contribution is 6.17. The van der Waals surface area contributed by atoms with Crippen molar-refractivity contribution in [2.75, 3.05) is 17.3 Å². The Kier molecular flexibility index (Phi) is 6.64. The third kappa shape index (κ3) is 4.11. The summed E-state index contributed by atoms with van der Waals surface area (Å²) in [6.07, 6.45) is 4.89. The van der Waals surface area contributed by atoms with Crippen LogP contribution in [0.25, 0.3) is 6.08 Å². The summed E-state index contributed by atoms with van der Waals surface area (Å²) in [5, 5.41) is 3.09. The lowest BCUT2D eigenvalue weighted by Crippen LogP contribution is -2.51. The Morgan fingerprint density at radius 2 is 1.74 bits per heavy atom. The zero-order valence-electron chi connectivity index (χ0n) is 25.1. The summed E-state index contributed by atoms with van der Waals surface area (Å²) in [6.45, 7) is 9.98. The van der Waals surface area contributed by atoms with Crippen molar-refractivity contribution in [3.63, 3.8) is 0 Å². The fraction of sp³-hybridized carbons (Fsp3) is 0.361. The van der Waals surface area contributed by atoms with Gasteiger partial charge in [0.05, 0.1) is 19.1 Å². The van der Waals surface area contributed by atoms with E-state index in [-0.39, 0.29) is 17.5 Å². The summed E-state index contributed by atoms with van der Waals surface area (Å²) in [7, 11) is 1.62. The molecule has 0 saturated carbocycles. The number of methoxy groups -OCH3 is 1. The van der Waals surface area contributed by atoms with Gasteiger partial charge in [0.15, 0.2) is 11.6 Å². The van der Waals surface area contributed by atoms with Gasteiger partial charge in [0, 0.05) is 27.9 Å². The summed E-state index contributed by atoms with van der Waals surface area (Å²) in [5.74, 6) is -0.293. The lowest BCUT2D eigenvalue weighted by atomic mass is 9.63. The molecule has 3 aromatic carbocycles. The summed E-state index contributed by atoms with van der Waals surface area (Å²) in [4.78, 5) is 45.9. The van der Waals surface area contributed by atoms with Gasteiger partial charge in [-0.1, -0.05) is 89.2 Å². The normalized spacial score (nSPS) is 23.9. The van der Waals surface area contributed by atoms with E-state index >= 15 is 0 Å². The van der Waals surface area contributed by atoms with Gasteiger partial charge in [-0.15, -0.1) is 0 Å². The number of nitrogens with one attached hydrogen (secondary N) is 1. The molecule has 3 aliphatic heterocycles. The largest absolute Gasteiger partial charge is 0.497 e. The number of carbonyl (C=O) groups is 3.